The van der Waals surface area contributed by atoms with E-state index in [9.17, 15) is 18.0 Å². The topological polar surface area (TPSA) is 122 Å². The summed E-state index contributed by atoms with van der Waals surface area (Å²) in [6.07, 6.45) is 7.95. The van der Waals surface area contributed by atoms with Gasteiger partial charge in [0.15, 0.2) is 0 Å². The van der Waals surface area contributed by atoms with E-state index in [1.54, 1.807) is 16.8 Å². The van der Waals surface area contributed by atoms with E-state index in [0.717, 1.165) is 48.8 Å². The predicted octanol–water partition coefficient (Wildman–Crippen LogP) is 2.46. The van der Waals surface area contributed by atoms with Gasteiger partial charge in [-0.05, 0) is 62.1 Å². The molecule has 4 heterocycles. The Morgan fingerprint density at radius 1 is 1.19 bits per heavy atom. The van der Waals surface area contributed by atoms with E-state index in [4.69, 9.17) is 0 Å². The van der Waals surface area contributed by atoms with Gasteiger partial charge < -0.3 is 10.6 Å². The third kappa shape index (κ3) is 2.81. The highest BCUT2D eigenvalue weighted by molar-refractivity contribution is 7.93. The molecule has 0 radical (unpaired) electrons. The summed E-state index contributed by atoms with van der Waals surface area (Å²) in [6, 6.07) is 1.64. The van der Waals surface area contributed by atoms with Crippen LogP contribution >= 0.6 is 0 Å². The maximum atomic E-state index is 13.7. The maximum Gasteiger partial charge on any atom is 0.277 e. The van der Waals surface area contributed by atoms with E-state index in [2.05, 4.69) is 20.3 Å². The number of nitrogens with zero attached hydrogens (tertiary/aromatic N) is 2. The molecule has 0 aromatic carbocycles. The van der Waals surface area contributed by atoms with Crippen molar-refractivity contribution in [2.75, 3.05) is 10.0 Å². The number of rotatable bonds is 3. The van der Waals surface area contributed by atoms with Crippen LogP contribution in [0.5, 0.6) is 0 Å². The second kappa shape index (κ2) is 6.57. The number of hydrogen-bond donors (Lipinski definition) is 3. The number of hydrogen-bond acceptors (Lipinski definition) is 6. The summed E-state index contributed by atoms with van der Waals surface area (Å²) >= 11 is 0. The molecule has 3 N–H and O–H groups in total. The molecule has 0 bridgehead atoms. The Kier molecular flexibility index (Phi) is 4.06. The third-order valence-electron chi connectivity index (χ3n) is 7.24. The molecule has 32 heavy (non-hydrogen) atoms. The van der Waals surface area contributed by atoms with Crippen molar-refractivity contribution in [1.82, 2.24) is 14.9 Å². The summed E-state index contributed by atoms with van der Waals surface area (Å²) in [4.78, 5) is 30.9. The van der Waals surface area contributed by atoms with E-state index in [0.29, 0.717) is 36.3 Å². The fraction of sp³-hybridized carbons (Fsp3) is 0.500. The number of anilines is 3. The Balaban J connectivity index is 1.43. The normalized spacial score (nSPS) is 20.7. The van der Waals surface area contributed by atoms with Crippen molar-refractivity contribution in [1.29, 1.82) is 0 Å². The standard InChI is InChI=1S/C22H25N5O4S/c1-12-15-9-13-11-23-17(26-32(30,31)14-5-6-14)10-16(13)24-18(15)21(29)27-19(12)20(28)25-22(27)7-3-2-4-8-22/h10-11,14,24H,2-9H2,1H3,(H,23,26)(H,25,28). The highest BCUT2D eigenvalue weighted by Gasteiger charge is 2.46. The molecule has 0 unspecified atom stereocenters. The molecule has 4 aliphatic rings. The van der Waals surface area contributed by atoms with Crippen LogP contribution in [0.1, 0.15) is 72.1 Å². The van der Waals surface area contributed by atoms with Gasteiger partial charge in [0.25, 0.3) is 11.5 Å². The van der Waals surface area contributed by atoms with Crippen LogP contribution in [-0.2, 0) is 22.1 Å². The minimum atomic E-state index is -3.43. The second-order valence-electron chi connectivity index (χ2n) is 9.39. The van der Waals surface area contributed by atoms with Gasteiger partial charge in [-0.15, -0.1) is 0 Å². The molecule has 9 nitrogen and oxygen atoms in total. The van der Waals surface area contributed by atoms with Crippen molar-refractivity contribution in [2.24, 2.45) is 0 Å². The minimum absolute atomic E-state index is 0.182. The molecule has 2 saturated carbocycles. The number of fused-ring (bicyclic) bond motifs is 4. The van der Waals surface area contributed by atoms with E-state index < -0.39 is 15.7 Å². The van der Waals surface area contributed by atoms with Crippen LogP contribution in [0.4, 0.5) is 17.2 Å². The third-order valence-corrected chi connectivity index (χ3v) is 9.09. The van der Waals surface area contributed by atoms with Crippen molar-refractivity contribution >= 4 is 33.1 Å². The lowest BCUT2D eigenvalue weighted by atomic mass is 9.88. The summed E-state index contributed by atoms with van der Waals surface area (Å²) in [5.41, 5.74) is 3.18. The monoisotopic (exact) mass is 455 g/mol. The Morgan fingerprint density at radius 2 is 1.94 bits per heavy atom. The van der Waals surface area contributed by atoms with Gasteiger partial charge in [0.1, 0.15) is 22.9 Å². The zero-order chi connectivity index (χ0) is 22.3. The smallest absolute Gasteiger partial charge is 0.277 e. The fourth-order valence-electron chi connectivity index (χ4n) is 5.41. The maximum absolute atomic E-state index is 13.7. The van der Waals surface area contributed by atoms with Gasteiger partial charge in [-0.1, -0.05) is 6.42 Å². The molecular formula is C22H25N5O4S. The van der Waals surface area contributed by atoms with Gasteiger partial charge in [0.05, 0.1) is 5.25 Å². The summed E-state index contributed by atoms with van der Waals surface area (Å²) in [5.74, 6) is 0.0585. The average Bonchev–Trinajstić information content (AvgIpc) is 3.58. The lowest BCUT2D eigenvalue weighted by Gasteiger charge is -2.36. The number of carbonyl (C=O) groups excluding carboxylic acids is 1. The van der Waals surface area contributed by atoms with E-state index >= 15 is 0 Å². The number of carbonyl (C=O) groups is 1. The summed E-state index contributed by atoms with van der Waals surface area (Å²) < 4.78 is 28.8. The van der Waals surface area contributed by atoms with Gasteiger partial charge >= 0.3 is 0 Å². The first-order chi connectivity index (χ1) is 15.3. The summed E-state index contributed by atoms with van der Waals surface area (Å²) in [5, 5.41) is 6.01. The molecule has 2 aromatic rings. The molecule has 6 rings (SSSR count). The molecule has 2 fully saturated rings. The van der Waals surface area contributed by atoms with Crippen molar-refractivity contribution in [3.8, 4) is 0 Å². The number of nitrogens with one attached hydrogen (secondary N) is 3. The largest absolute Gasteiger partial charge is 0.350 e. The lowest BCUT2D eigenvalue weighted by molar-refractivity contribution is 0.0876. The highest BCUT2D eigenvalue weighted by Crippen LogP contribution is 2.41. The molecule has 1 spiro atoms. The Bertz CT molecular complexity index is 1340. The molecule has 0 atom stereocenters. The van der Waals surface area contributed by atoms with Crippen LogP contribution in [0.15, 0.2) is 17.1 Å². The molecule has 1 amide bonds. The Hall–Kier alpha value is -2.88. The lowest BCUT2D eigenvalue weighted by Crippen LogP contribution is -2.49. The van der Waals surface area contributed by atoms with Gasteiger partial charge in [0, 0.05) is 24.4 Å². The molecule has 2 aliphatic heterocycles. The van der Waals surface area contributed by atoms with Crippen molar-refractivity contribution in [3.63, 3.8) is 0 Å². The van der Waals surface area contributed by atoms with Crippen LogP contribution in [0.25, 0.3) is 0 Å². The zero-order valence-corrected chi connectivity index (χ0v) is 18.6. The molecule has 2 aliphatic carbocycles. The van der Waals surface area contributed by atoms with Crippen molar-refractivity contribution in [2.45, 2.75) is 69.2 Å². The molecule has 10 heteroatoms. The molecule has 0 saturated heterocycles. The molecule has 2 aromatic heterocycles. The van der Waals surface area contributed by atoms with Gasteiger partial charge in [0.2, 0.25) is 10.0 Å². The zero-order valence-electron chi connectivity index (χ0n) is 17.8. The highest BCUT2D eigenvalue weighted by atomic mass is 32.2. The quantitative estimate of drug-likeness (QED) is 0.558. The van der Waals surface area contributed by atoms with Gasteiger partial charge in [-0.3, -0.25) is 18.9 Å². The van der Waals surface area contributed by atoms with Crippen molar-refractivity contribution in [3.05, 3.63) is 45.0 Å². The molecular weight excluding hydrogens is 430 g/mol. The van der Waals surface area contributed by atoms with Crippen LogP contribution in [0.3, 0.4) is 0 Å². The summed E-state index contributed by atoms with van der Waals surface area (Å²) in [6.45, 7) is 1.89. The molecule has 168 valence electrons. The predicted molar refractivity (Wildman–Crippen MR) is 120 cm³/mol. The van der Waals surface area contributed by atoms with Crippen LogP contribution < -0.4 is 20.9 Å². The Labute approximate surface area is 185 Å². The van der Waals surface area contributed by atoms with E-state index in [1.165, 1.54) is 0 Å². The summed E-state index contributed by atoms with van der Waals surface area (Å²) in [7, 11) is -3.43. The number of amides is 1. The number of pyridine rings is 2. The van der Waals surface area contributed by atoms with Crippen LogP contribution in [0, 0.1) is 6.92 Å². The average molecular weight is 456 g/mol. The first-order valence-corrected chi connectivity index (χ1v) is 12.7. The van der Waals surface area contributed by atoms with Gasteiger partial charge in [-0.25, -0.2) is 13.4 Å². The van der Waals surface area contributed by atoms with Crippen LogP contribution in [0.2, 0.25) is 0 Å². The first-order valence-electron chi connectivity index (χ1n) is 11.2. The number of aromatic nitrogens is 2. The second-order valence-corrected chi connectivity index (χ2v) is 11.3. The van der Waals surface area contributed by atoms with Crippen molar-refractivity contribution < 1.29 is 13.2 Å². The Morgan fingerprint density at radius 3 is 2.66 bits per heavy atom. The van der Waals surface area contributed by atoms with Gasteiger partial charge in [-0.2, -0.15) is 0 Å². The van der Waals surface area contributed by atoms with E-state index in [1.807, 2.05) is 6.92 Å². The number of sulfonamides is 1. The SMILES string of the molecule is Cc1c2c(c(=O)n3c1C(=O)NC31CCCCC1)Nc1cc(NS(=O)(=O)C3CC3)ncc1C2. The van der Waals surface area contributed by atoms with E-state index in [-0.39, 0.29) is 22.5 Å². The van der Waals surface area contributed by atoms with Crippen LogP contribution in [-0.4, -0.2) is 29.1 Å². The minimum Gasteiger partial charge on any atom is -0.350 e. The fourth-order valence-corrected chi connectivity index (χ4v) is 6.74. The first kappa shape index (κ1) is 19.8.